The quantitative estimate of drug-likeness (QED) is 0.751. The Balaban J connectivity index is 2.26. The first-order valence-corrected chi connectivity index (χ1v) is 10.3. The van der Waals surface area contributed by atoms with E-state index in [1.165, 1.54) is 16.7 Å². The van der Waals surface area contributed by atoms with Gasteiger partial charge in [-0.15, -0.1) is 0 Å². The van der Waals surface area contributed by atoms with Crippen LogP contribution in [0.4, 0.5) is 0 Å². The van der Waals surface area contributed by atoms with Crippen molar-refractivity contribution in [2.75, 3.05) is 0 Å². The molecule has 1 aromatic carbocycles. The van der Waals surface area contributed by atoms with E-state index in [-0.39, 0.29) is 11.1 Å². The first-order valence-electron chi connectivity index (χ1n) is 7.42. The molecule has 1 aromatic rings. The number of fused-ring (bicyclic) bond motifs is 1. The van der Waals surface area contributed by atoms with Gasteiger partial charge < -0.3 is 4.43 Å². The molecule has 2 nitrogen and oxygen atoms in total. The van der Waals surface area contributed by atoms with E-state index in [2.05, 4.69) is 58.1 Å². The van der Waals surface area contributed by atoms with Gasteiger partial charge in [-0.1, -0.05) is 39.0 Å². The van der Waals surface area contributed by atoms with Crippen molar-refractivity contribution >= 4 is 8.32 Å². The second-order valence-corrected chi connectivity index (χ2v) is 12.0. The van der Waals surface area contributed by atoms with Crippen LogP contribution in [-0.2, 0) is 17.3 Å². The van der Waals surface area contributed by atoms with E-state index in [0.717, 1.165) is 12.8 Å². The zero-order chi connectivity index (χ0) is 15.0. The summed E-state index contributed by atoms with van der Waals surface area (Å²) in [6, 6.07) is 8.60. The minimum absolute atomic E-state index is 0.226. The maximum absolute atomic E-state index is 8.94. The molecule has 2 rings (SSSR count). The summed E-state index contributed by atoms with van der Waals surface area (Å²) in [5, 5.41) is 9.17. The van der Waals surface area contributed by atoms with Crippen molar-refractivity contribution in [3.05, 3.63) is 34.9 Å². The fraction of sp³-hybridized carbons (Fsp3) is 0.588. The Bertz CT molecular complexity index is 537. The van der Waals surface area contributed by atoms with Crippen LogP contribution < -0.4 is 0 Å². The fourth-order valence-corrected chi connectivity index (χ4v) is 3.91. The van der Waals surface area contributed by atoms with Crippen LogP contribution in [0.25, 0.3) is 0 Å². The summed E-state index contributed by atoms with van der Waals surface area (Å²) in [4.78, 5) is 0. The van der Waals surface area contributed by atoms with Gasteiger partial charge >= 0.3 is 0 Å². The average Bonchev–Trinajstić information content (AvgIpc) is 2.72. The number of rotatable bonds is 3. The van der Waals surface area contributed by atoms with Crippen molar-refractivity contribution in [1.82, 2.24) is 0 Å². The van der Waals surface area contributed by atoms with Gasteiger partial charge in [-0.25, -0.2) is 0 Å². The monoisotopic (exact) mass is 287 g/mol. The molecule has 0 heterocycles. The molecule has 0 amide bonds. The maximum Gasteiger partial charge on any atom is 0.192 e. The van der Waals surface area contributed by atoms with E-state index >= 15 is 0 Å². The van der Waals surface area contributed by atoms with E-state index in [1.807, 2.05) is 0 Å². The van der Waals surface area contributed by atoms with Crippen LogP contribution in [0, 0.1) is 11.3 Å². The summed E-state index contributed by atoms with van der Waals surface area (Å²) in [6.45, 7) is 11.5. The predicted octanol–water partition coefficient (Wildman–Crippen LogP) is 4.76. The highest BCUT2D eigenvalue weighted by Gasteiger charge is 2.40. The Kier molecular flexibility index (Phi) is 4.08. The SMILES string of the molecule is CC(C)(C)[Si](C)(C)O[C@H]1CCc2c(CC#N)cccc21. The first kappa shape index (κ1) is 15.3. The average molecular weight is 287 g/mol. The molecule has 0 aliphatic heterocycles. The Hall–Kier alpha value is -1.11. The smallest absolute Gasteiger partial charge is 0.192 e. The summed E-state index contributed by atoms with van der Waals surface area (Å²) in [5.41, 5.74) is 3.87. The zero-order valence-electron chi connectivity index (χ0n) is 13.3. The number of nitriles is 1. The number of hydrogen-bond donors (Lipinski definition) is 0. The molecule has 0 aromatic heterocycles. The van der Waals surface area contributed by atoms with Crippen LogP contribution >= 0.6 is 0 Å². The topological polar surface area (TPSA) is 33.0 Å². The van der Waals surface area contributed by atoms with Gasteiger partial charge in [-0.05, 0) is 47.7 Å². The highest BCUT2D eigenvalue weighted by Crippen LogP contribution is 2.44. The van der Waals surface area contributed by atoms with E-state index in [1.54, 1.807) is 0 Å². The second-order valence-electron chi connectivity index (χ2n) is 7.23. The van der Waals surface area contributed by atoms with Crippen molar-refractivity contribution < 1.29 is 4.43 Å². The van der Waals surface area contributed by atoms with E-state index < -0.39 is 8.32 Å². The lowest BCUT2D eigenvalue weighted by Gasteiger charge is -2.38. The normalized spacial score (nSPS) is 18.7. The molecule has 0 fully saturated rings. The van der Waals surface area contributed by atoms with Crippen LogP contribution in [0.1, 0.15) is 50.0 Å². The molecule has 20 heavy (non-hydrogen) atoms. The Morgan fingerprint density at radius 2 is 2.05 bits per heavy atom. The van der Waals surface area contributed by atoms with E-state index in [4.69, 9.17) is 9.69 Å². The molecule has 0 unspecified atom stereocenters. The highest BCUT2D eigenvalue weighted by molar-refractivity contribution is 6.74. The van der Waals surface area contributed by atoms with Crippen molar-refractivity contribution in [2.45, 2.75) is 64.3 Å². The second kappa shape index (κ2) is 5.35. The van der Waals surface area contributed by atoms with Crippen molar-refractivity contribution in [1.29, 1.82) is 5.26 Å². The summed E-state index contributed by atoms with van der Waals surface area (Å²) in [7, 11) is -1.74. The highest BCUT2D eigenvalue weighted by atomic mass is 28.4. The van der Waals surface area contributed by atoms with Gasteiger partial charge in [0.15, 0.2) is 8.32 Å². The zero-order valence-corrected chi connectivity index (χ0v) is 14.3. The molecule has 1 aliphatic rings. The number of nitrogens with zero attached hydrogens (tertiary/aromatic N) is 1. The molecule has 3 heteroatoms. The van der Waals surface area contributed by atoms with Crippen LogP contribution in [0.15, 0.2) is 18.2 Å². The van der Waals surface area contributed by atoms with Crippen molar-refractivity contribution in [2.24, 2.45) is 0 Å². The first-order chi connectivity index (χ1) is 9.26. The molecular formula is C17H25NOSi. The van der Waals surface area contributed by atoms with Gasteiger partial charge in [0, 0.05) is 0 Å². The third-order valence-corrected chi connectivity index (χ3v) is 9.31. The molecular weight excluding hydrogens is 262 g/mol. The van der Waals surface area contributed by atoms with Crippen LogP contribution in [0.2, 0.25) is 18.1 Å². The van der Waals surface area contributed by atoms with Gasteiger partial charge in [0.2, 0.25) is 0 Å². The number of hydrogen-bond acceptors (Lipinski definition) is 2. The van der Waals surface area contributed by atoms with Gasteiger partial charge in [0.25, 0.3) is 0 Å². The van der Waals surface area contributed by atoms with Crippen molar-refractivity contribution in [3.8, 4) is 6.07 Å². The summed E-state index contributed by atoms with van der Waals surface area (Å²) < 4.78 is 6.58. The minimum Gasteiger partial charge on any atom is -0.410 e. The van der Waals surface area contributed by atoms with E-state index in [0.29, 0.717) is 6.42 Å². The van der Waals surface area contributed by atoms with E-state index in [9.17, 15) is 0 Å². The van der Waals surface area contributed by atoms with Crippen LogP contribution in [0.5, 0.6) is 0 Å². The molecule has 1 aliphatic carbocycles. The molecule has 0 saturated heterocycles. The summed E-state index contributed by atoms with van der Waals surface area (Å²) >= 11 is 0. The molecule has 0 radical (unpaired) electrons. The standard InChI is InChI=1S/C17H25NOSi/c1-17(2,3)20(4,5)19-16-10-9-14-13(11-12-18)7-6-8-15(14)16/h6-8,16H,9-11H2,1-5H3/t16-/m0/s1. The Labute approximate surface area is 123 Å². The lowest BCUT2D eigenvalue weighted by atomic mass is 10.0. The Morgan fingerprint density at radius 3 is 2.65 bits per heavy atom. The number of benzene rings is 1. The molecule has 0 bridgehead atoms. The summed E-state index contributed by atoms with van der Waals surface area (Å²) in [6.07, 6.45) is 2.84. The van der Waals surface area contributed by atoms with Crippen molar-refractivity contribution in [3.63, 3.8) is 0 Å². The maximum atomic E-state index is 8.94. The Morgan fingerprint density at radius 1 is 1.35 bits per heavy atom. The van der Waals surface area contributed by atoms with Gasteiger partial charge in [-0.2, -0.15) is 5.26 Å². The van der Waals surface area contributed by atoms with Gasteiger partial charge in [-0.3, -0.25) is 0 Å². The lowest BCUT2D eigenvalue weighted by molar-refractivity contribution is 0.185. The fourth-order valence-electron chi connectivity index (χ4n) is 2.60. The molecule has 0 spiro atoms. The van der Waals surface area contributed by atoms with Crippen LogP contribution in [-0.4, -0.2) is 8.32 Å². The molecule has 0 saturated carbocycles. The predicted molar refractivity (Wildman–Crippen MR) is 85.1 cm³/mol. The lowest BCUT2D eigenvalue weighted by Crippen LogP contribution is -2.41. The third kappa shape index (κ3) is 2.82. The molecule has 108 valence electrons. The largest absolute Gasteiger partial charge is 0.410 e. The van der Waals surface area contributed by atoms with Gasteiger partial charge in [0.1, 0.15) is 0 Å². The minimum atomic E-state index is -1.74. The summed E-state index contributed by atoms with van der Waals surface area (Å²) in [5.74, 6) is 0. The molecule has 0 N–H and O–H groups in total. The van der Waals surface area contributed by atoms with Gasteiger partial charge in [0.05, 0.1) is 18.6 Å². The third-order valence-electron chi connectivity index (χ3n) is 4.83. The molecule has 1 atom stereocenters. The van der Waals surface area contributed by atoms with Crippen LogP contribution in [0.3, 0.4) is 0 Å².